The Labute approximate surface area is 122 Å². The van der Waals surface area contributed by atoms with Gasteiger partial charge < -0.3 is 15.4 Å². The molecule has 6 heteroatoms. The average Bonchev–Trinajstić information content (AvgIpc) is 2.33. The molecule has 1 aliphatic heterocycles. The molecular weight excluding hydrogens is 287 g/mol. The first-order valence-electron chi connectivity index (χ1n) is 6.07. The van der Waals surface area contributed by atoms with Crippen molar-refractivity contribution in [1.29, 1.82) is 0 Å². The maximum Gasteiger partial charge on any atom is 0.254 e. The summed E-state index contributed by atoms with van der Waals surface area (Å²) in [5, 5.41) is 0.571. The Balaban J connectivity index is 2.24. The number of nitrogens with two attached hydrogens (primary N) is 1. The topological polar surface area (TPSA) is 55.6 Å². The molecule has 1 heterocycles. The van der Waals surface area contributed by atoms with Crippen molar-refractivity contribution in [3.8, 4) is 0 Å². The van der Waals surface area contributed by atoms with E-state index in [1.807, 2.05) is 13.8 Å². The van der Waals surface area contributed by atoms with E-state index < -0.39 is 0 Å². The highest BCUT2D eigenvalue weighted by Crippen LogP contribution is 2.30. The minimum Gasteiger partial charge on any atom is -0.397 e. The second kappa shape index (κ2) is 5.57. The van der Waals surface area contributed by atoms with Gasteiger partial charge in [-0.1, -0.05) is 23.2 Å². The summed E-state index contributed by atoms with van der Waals surface area (Å²) in [5.41, 5.74) is 6.50. The van der Waals surface area contributed by atoms with E-state index in [1.54, 1.807) is 17.0 Å². The van der Waals surface area contributed by atoms with Crippen LogP contribution in [0.25, 0.3) is 0 Å². The molecule has 4 nitrogen and oxygen atoms in total. The number of benzene rings is 1. The Hall–Kier alpha value is -0.970. The number of nitrogen functional groups attached to an aromatic ring is 1. The van der Waals surface area contributed by atoms with Crippen molar-refractivity contribution in [3.05, 3.63) is 27.7 Å². The van der Waals surface area contributed by atoms with Crippen molar-refractivity contribution in [2.24, 2.45) is 0 Å². The standard InChI is InChI=1S/C13H16Cl2N2O2/c1-7-5-17(6-8(2)19-7)13(18)9-3-10(14)12(15)11(16)4-9/h3-4,7-8H,5-6,16H2,1-2H3/t7-,8-/m1/s1. The molecule has 19 heavy (non-hydrogen) atoms. The average molecular weight is 303 g/mol. The van der Waals surface area contributed by atoms with Gasteiger partial charge in [0.25, 0.3) is 5.91 Å². The van der Waals surface area contributed by atoms with Gasteiger partial charge in [0.15, 0.2) is 0 Å². The van der Waals surface area contributed by atoms with Crippen molar-refractivity contribution in [3.63, 3.8) is 0 Å². The third-order valence-electron chi connectivity index (χ3n) is 3.01. The first-order chi connectivity index (χ1) is 8.88. The number of halogens is 2. The predicted octanol–water partition coefficient (Wildman–Crippen LogP) is 2.83. The van der Waals surface area contributed by atoms with Gasteiger partial charge in [0, 0.05) is 18.7 Å². The van der Waals surface area contributed by atoms with Crippen LogP contribution >= 0.6 is 23.2 Å². The minimum atomic E-state index is -0.104. The van der Waals surface area contributed by atoms with E-state index >= 15 is 0 Å². The third-order valence-corrected chi connectivity index (χ3v) is 3.83. The fraction of sp³-hybridized carbons (Fsp3) is 0.462. The zero-order valence-corrected chi connectivity index (χ0v) is 12.3. The van der Waals surface area contributed by atoms with Gasteiger partial charge >= 0.3 is 0 Å². The lowest BCUT2D eigenvalue weighted by molar-refractivity contribution is -0.0586. The second-order valence-corrected chi connectivity index (χ2v) is 5.61. The number of hydrogen-bond donors (Lipinski definition) is 1. The number of morpholine rings is 1. The fourth-order valence-electron chi connectivity index (χ4n) is 2.26. The van der Waals surface area contributed by atoms with Crippen LogP contribution in [0.1, 0.15) is 24.2 Å². The van der Waals surface area contributed by atoms with Crippen LogP contribution in [0.5, 0.6) is 0 Å². The number of hydrogen-bond acceptors (Lipinski definition) is 3. The van der Waals surface area contributed by atoms with E-state index in [9.17, 15) is 4.79 Å². The Morgan fingerprint density at radius 3 is 2.42 bits per heavy atom. The molecule has 2 atom stereocenters. The number of nitrogens with zero attached hydrogens (tertiary/aromatic N) is 1. The smallest absolute Gasteiger partial charge is 0.254 e. The zero-order chi connectivity index (χ0) is 14.2. The summed E-state index contributed by atoms with van der Waals surface area (Å²) in [5.74, 6) is -0.104. The molecule has 0 radical (unpaired) electrons. The maximum atomic E-state index is 12.4. The lowest BCUT2D eigenvalue weighted by Gasteiger charge is -2.35. The van der Waals surface area contributed by atoms with Gasteiger partial charge in [-0.25, -0.2) is 0 Å². The summed E-state index contributed by atoms with van der Waals surface area (Å²) < 4.78 is 5.60. The molecule has 0 bridgehead atoms. The lowest BCUT2D eigenvalue weighted by atomic mass is 10.1. The summed E-state index contributed by atoms with van der Waals surface area (Å²) in [6.07, 6.45) is 0.0423. The van der Waals surface area contributed by atoms with E-state index in [4.69, 9.17) is 33.7 Å². The Bertz CT molecular complexity index is 474. The molecule has 1 aliphatic rings. The Morgan fingerprint density at radius 2 is 1.89 bits per heavy atom. The van der Waals surface area contributed by atoms with Crippen LogP contribution in [0.2, 0.25) is 10.0 Å². The summed E-state index contributed by atoms with van der Waals surface area (Å²) >= 11 is 11.8. The van der Waals surface area contributed by atoms with E-state index in [0.717, 1.165) is 0 Å². The van der Waals surface area contributed by atoms with Gasteiger partial charge in [0.05, 0.1) is 27.9 Å². The molecule has 0 aliphatic carbocycles. The molecule has 0 saturated carbocycles. The van der Waals surface area contributed by atoms with E-state index in [2.05, 4.69) is 0 Å². The number of anilines is 1. The highest BCUT2D eigenvalue weighted by molar-refractivity contribution is 6.43. The molecule has 2 rings (SSSR count). The van der Waals surface area contributed by atoms with Crippen molar-refractivity contribution in [1.82, 2.24) is 4.90 Å². The van der Waals surface area contributed by atoms with Crippen LogP contribution in [0.15, 0.2) is 12.1 Å². The molecule has 1 aromatic rings. The molecule has 0 spiro atoms. The van der Waals surface area contributed by atoms with Gasteiger partial charge in [-0.15, -0.1) is 0 Å². The second-order valence-electron chi connectivity index (χ2n) is 4.83. The number of carbonyl (C=O) groups is 1. The SMILES string of the molecule is C[C@@H]1CN(C(=O)c2cc(N)c(Cl)c(Cl)c2)C[C@@H](C)O1. The van der Waals surface area contributed by atoms with Crippen LogP contribution < -0.4 is 5.73 Å². The fourth-order valence-corrected chi connectivity index (χ4v) is 2.60. The van der Waals surface area contributed by atoms with E-state index in [1.165, 1.54) is 0 Å². The molecule has 0 unspecified atom stereocenters. The molecule has 2 N–H and O–H groups in total. The highest BCUT2D eigenvalue weighted by Gasteiger charge is 2.27. The number of carbonyl (C=O) groups excluding carboxylic acids is 1. The number of amides is 1. The van der Waals surface area contributed by atoms with Crippen molar-refractivity contribution in [2.75, 3.05) is 18.8 Å². The summed E-state index contributed by atoms with van der Waals surface area (Å²) in [6.45, 7) is 5.00. The molecule has 0 aromatic heterocycles. The molecule has 1 fully saturated rings. The lowest BCUT2D eigenvalue weighted by Crippen LogP contribution is -2.48. The van der Waals surface area contributed by atoms with Crippen LogP contribution in [0, 0.1) is 0 Å². The van der Waals surface area contributed by atoms with Crippen LogP contribution in [0.3, 0.4) is 0 Å². The van der Waals surface area contributed by atoms with Crippen molar-refractivity contribution < 1.29 is 9.53 Å². The molecule has 104 valence electrons. The quantitative estimate of drug-likeness (QED) is 0.812. The first kappa shape index (κ1) is 14.4. The Kier molecular flexibility index (Phi) is 4.23. The van der Waals surface area contributed by atoms with Gasteiger partial charge in [0.2, 0.25) is 0 Å². The highest BCUT2D eigenvalue weighted by atomic mass is 35.5. The third kappa shape index (κ3) is 3.14. The molecular formula is C13H16Cl2N2O2. The normalized spacial score (nSPS) is 23.5. The first-order valence-corrected chi connectivity index (χ1v) is 6.83. The largest absolute Gasteiger partial charge is 0.397 e. The van der Waals surface area contributed by atoms with Crippen molar-refractivity contribution in [2.45, 2.75) is 26.1 Å². The zero-order valence-electron chi connectivity index (χ0n) is 10.8. The Morgan fingerprint density at radius 1 is 1.32 bits per heavy atom. The van der Waals surface area contributed by atoms with Gasteiger partial charge in [-0.3, -0.25) is 4.79 Å². The monoisotopic (exact) mass is 302 g/mol. The van der Waals surface area contributed by atoms with Crippen molar-refractivity contribution >= 4 is 34.8 Å². The molecule has 1 aromatic carbocycles. The maximum absolute atomic E-state index is 12.4. The predicted molar refractivity (Wildman–Crippen MR) is 76.8 cm³/mol. The van der Waals surface area contributed by atoms with Crippen LogP contribution in [0.4, 0.5) is 5.69 Å². The van der Waals surface area contributed by atoms with Crippen LogP contribution in [-0.4, -0.2) is 36.1 Å². The van der Waals surface area contributed by atoms with Crippen LogP contribution in [-0.2, 0) is 4.74 Å². The van der Waals surface area contributed by atoms with E-state index in [0.29, 0.717) is 29.4 Å². The summed E-state index contributed by atoms with van der Waals surface area (Å²) in [4.78, 5) is 14.2. The number of ether oxygens (including phenoxy) is 1. The van der Waals surface area contributed by atoms with Gasteiger partial charge in [0.1, 0.15) is 0 Å². The molecule has 1 saturated heterocycles. The van der Waals surface area contributed by atoms with E-state index in [-0.39, 0.29) is 23.1 Å². The summed E-state index contributed by atoms with van der Waals surface area (Å²) in [6, 6.07) is 3.11. The number of rotatable bonds is 1. The van der Waals surface area contributed by atoms with Gasteiger partial charge in [-0.2, -0.15) is 0 Å². The summed E-state index contributed by atoms with van der Waals surface area (Å²) in [7, 11) is 0. The molecule has 1 amide bonds. The van der Waals surface area contributed by atoms with Gasteiger partial charge in [-0.05, 0) is 26.0 Å². The minimum absolute atomic E-state index is 0.0211.